The van der Waals surface area contributed by atoms with Gasteiger partial charge in [-0.3, -0.25) is 9.69 Å². The van der Waals surface area contributed by atoms with Gasteiger partial charge < -0.3 is 4.90 Å². The summed E-state index contributed by atoms with van der Waals surface area (Å²) in [4.78, 5) is 17.1. The molecule has 2 heterocycles. The van der Waals surface area contributed by atoms with Crippen molar-refractivity contribution in [1.29, 1.82) is 0 Å². The Balaban J connectivity index is 1.35. The van der Waals surface area contributed by atoms with Gasteiger partial charge in [0, 0.05) is 39.3 Å². The first-order chi connectivity index (χ1) is 14.5. The average molecular weight is 430 g/mol. The van der Waals surface area contributed by atoms with Gasteiger partial charge in [0.25, 0.3) is 0 Å². The first-order valence-electron chi connectivity index (χ1n) is 11.0. The molecule has 0 N–H and O–H groups in total. The third kappa shape index (κ3) is 4.85. The van der Waals surface area contributed by atoms with Crippen molar-refractivity contribution in [2.24, 2.45) is 0 Å². The molecular weight excluding hydrogens is 398 g/mol. The highest BCUT2D eigenvalue weighted by Gasteiger charge is 2.29. The summed E-state index contributed by atoms with van der Waals surface area (Å²) >= 11 is 0. The minimum Gasteiger partial charge on any atom is -0.342 e. The van der Waals surface area contributed by atoms with E-state index in [0.717, 1.165) is 36.7 Å². The molecule has 0 unspecified atom stereocenters. The number of piperazine rings is 1. The molecule has 0 atom stereocenters. The lowest BCUT2D eigenvalue weighted by Gasteiger charge is -2.35. The van der Waals surface area contributed by atoms with E-state index in [4.69, 9.17) is 0 Å². The average Bonchev–Trinajstić information content (AvgIpc) is 2.73. The van der Waals surface area contributed by atoms with Crippen molar-refractivity contribution >= 4 is 26.7 Å². The Bertz CT molecular complexity index is 976. The minimum atomic E-state index is -3.52. The van der Waals surface area contributed by atoms with Gasteiger partial charge in [-0.15, -0.1) is 0 Å². The molecule has 30 heavy (non-hydrogen) atoms. The minimum absolute atomic E-state index is 0.183. The zero-order valence-corrected chi connectivity index (χ0v) is 18.3. The van der Waals surface area contributed by atoms with E-state index in [1.54, 1.807) is 16.4 Å². The van der Waals surface area contributed by atoms with Crippen LogP contribution >= 0.6 is 0 Å². The maximum Gasteiger partial charge on any atom is 0.243 e. The Morgan fingerprint density at radius 1 is 0.767 bits per heavy atom. The van der Waals surface area contributed by atoms with E-state index in [-0.39, 0.29) is 5.91 Å². The quantitative estimate of drug-likeness (QED) is 0.750. The van der Waals surface area contributed by atoms with E-state index in [1.165, 1.54) is 19.3 Å². The number of nitrogens with zero attached hydrogens (tertiary/aromatic N) is 3. The standard InChI is InChI=1S/C23H31N3O3S/c27-23(25-12-6-2-1-3-7-13-25)19-24-14-16-26(17-15-24)30(28,29)22-11-10-20-8-4-5-9-21(20)18-22/h4-5,8-11,18H,1-3,6-7,12-17,19H2. The number of sulfonamides is 1. The Hall–Kier alpha value is -1.96. The summed E-state index contributed by atoms with van der Waals surface area (Å²) in [7, 11) is -3.52. The van der Waals surface area contributed by atoms with Crippen LogP contribution in [0.25, 0.3) is 10.8 Å². The fourth-order valence-corrected chi connectivity index (χ4v) is 5.85. The van der Waals surface area contributed by atoms with Crippen molar-refractivity contribution in [2.75, 3.05) is 45.8 Å². The number of fused-ring (bicyclic) bond motifs is 1. The molecule has 4 rings (SSSR count). The number of carbonyl (C=O) groups is 1. The Kier molecular flexibility index (Phi) is 6.71. The van der Waals surface area contributed by atoms with Crippen LogP contribution in [0.15, 0.2) is 47.4 Å². The first kappa shape index (κ1) is 21.3. The zero-order valence-electron chi connectivity index (χ0n) is 17.5. The van der Waals surface area contributed by atoms with Crippen LogP contribution in [0.1, 0.15) is 32.1 Å². The predicted molar refractivity (Wildman–Crippen MR) is 119 cm³/mol. The van der Waals surface area contributed by atoms with Crippen LogP contribution in [0.3, 0.4) is 0 Å². The third-order valence-electron chi connectivity index (χ3n) is 6.26. The summed E-state index contributed by atoms with van der Waals surface area (Å²) in [6.07, 6.45) is 5.85. The van der Waals surface area contributed by atoms with E-state index < -0.39 is 10.0 Å². The molecule has 2 aromatic rings. The SMILES string of the molecule is O=C(CN1CCN(S(=O)(=O)c2ccc3ccccc3c2)CC1)N1CCCCCCC1. The molecular formula is C23H31N3O3S. The molecule has 0 spiro atoms. The van der Waals surface area contributed by atoms with Crippen molar-refractivity contribution in [1.82, 2.24) is 14.1 Å². The summed E-state index contributed by atoms with van der Waals surface area (Å²) in [6.45, 7) is 4.12. The fourth-order valence-electron chi connectivity index (χ4n) is 4.39. The maximum absolute atomic E-state index is 13.1. The van der Waals surface area contributed by atoms with Gasteiger partial charge in [-0.2, -0.15) is 4.31 Å². The third-order valence-corrected chi connectivity index (χ3v) is 8.15. The Morgan fingerprint density at radius 3 is 2.10 bits per heavy atom. The van der Waals surface area contributed by atoms with E-state index >= 15 is 0 Å². The lowest BCUT2D eigenvalue weighted by Crippen LogP contribution is -2.51. The van der Waals surface area contributed by atoms with Crippen molar-refractivity contribution in [2.45, 2.75) is 37.0 Å². The van der Waals surface area contributed by atoms with Crippen LogP contribution in [-0.2, 0) is 14.8 Å². The predicted octanol–water partition coefficient (Wildman–Crippen LogP) is 2.94. The summed E-state index contributed by atoms with van der Waals surface area (Å²) in [6, 6.07) is 13.1. The van der Waals surface area contributed by atoms with Gasteiger partial charge >= 0.3 is 0 Å². The number of carbonyl (C=O) groups excluding carboxylic acids is 1. The highest BCUT2D eigenvalue weighted by Crippen LogP contribution is 2.23. The summed E-state index contributed by atoms with van der Waals surface area (Å²) in [5.74, 6) is 0.183. The molecule has 0 bridgehead atoms. The van der Waals surface area contributed by atoms with Crippen LogP contribution in [0.5, 0.6) is 0 Å². The summed E-state index contributed by atoms with van der Waals surface area (Å²) in [5, 5.41) is 1.96. The molecule has 6 nitrogen and oxygen atoms in total. The van der Waals surface area contributed by atoms with E-state index in [2.05, 4.69) is 4.90 Å². The van der Waals surface area contributed by atoms with Crippen LogP contribution in [-0.4, -0.2) is 74.2 Å². The first-order valence-corrected chi connectivity index (χ1v) is 12.5. The molecule has 2 saturated heterocycles. The highest BCUT2D eigenvalue weighted by molar-refractivity contribution is 7.89. The van der Waals surface area contributed by atoms with Crippen molar-refractivity contribution in [3.05, 3.63) is 42.5 Å². The number of amides is 1. The number of likely N-dealkylation sites (tertiary alicyclic amines) is 1. The van der Waals surface area contributed by atoms with E-state index in [1.807, 2.05) is 35.2 Å². The molecule has 7 heteroatoms. The number of hydrogen-bond donors (Lipinski definition) is 0. The summed E-state index contributed by atoms with van der Waals surface area (Å²) in [5.41, 5.74) is 0. The number of rotatable bonds is 4. The molecule has 0 aromatic heterocycles. The van der Waals surface area contributed by atoms with Gasteiger partial charge in [-0.25, -0.2) is 8.42 Å². The molecule has 0 aliphatic carbocycles. The van der Waals surface area contributed by atoms with Crippen molar-refractivity contribution in [3.63, 3.8) is 0 Å². The molecule has 2 aromatic carbocycles. The second-order valence-electron chi connectivity index (χ2n) is 8.34. The number of benzene rings is 2. The smallest absolute Gasteiger partial charge is 0.243 e. The maximum atomic E-state index is 13.1. The van der Waals surface area contributed by atoms with Gasteiger partial charge in [-0.05, 0) is 35.7 Å². The van der Waals surface area contributed by atoms with Crippen LogP contribution in [0, 0.1) is 0 Å². The van der Waals surface area contributed by atoms with Gasteiger partial charge in [0.1, 0.15) is 0 Å². The normalized spacial score (nSPS) is 20.1. The largest absolute Gasteiger partial charge is 0.342 e. The summed E-state index contributed by atoms with van der Waals surface area (Å²) < 4.78 is 27.8. The zero-order chi connectivity index (χ0) is 21.0. The Labute approximate surface area is 179 Å². The van der Waals surface area contributed by atoms with Crippen LogP contribution in [0.2, 0.25) is 0 Å². The van der Waals surface area contributed by atoms with Crippen LogP contribution < -0.4 is 0 Å². The molecule has 1 amide bonds. The van der Waals surface area contributed by atoms with Crippen molar-refractivity contribution in [3.8, 4) is 0 Å². The van der Waals surface area contributed by atoms with Gasteiger partial charge in [-0.1, -0.05) is 49.6 Å². The molecule has 2 aliphatic rings. The second kappa shape index (κ2) is 9.45. The fraction of sp³-hybridized carbons (Fsp3) is 0.522. The van der Waals surface area contributed by atoms with Crippen molar-refractivity contribution < 1.29 is 13.2 Å². The Morgan fingerprint density at radius 2 is 1.40 bits per heavy atom. The molecule has 0 saturated carbocycles. The molecule has 2 aliphatic heterocycles. The molecule has 2 fully saturated rings. The van der Waals surface area contributed by atoms with E-state index in [0.29, 0.717) is 37.6 Å². The molecule has 0 radical (unpaired) electrons. The van der Waals surface area contributed by atoms with E-state index in [9.17, 15) is 13.2 Å². The van der Waals surface area contributed by atoms with Crippen LogP contribution in [0.4, 0.5) is 0 Å². The lowest BCUT2D eigenvalue weighted by atomic mass is 10.1. The number of hydrogen-bond acceptors (Lipinski definition) is 4. The lowest BCUT2D eigenvalue weighted by molar-refractivity contribution is -0.133. The monoisotopic (exact) mass is 429 g/mol. The topological polar surface area (TPSA) is 60.9 Å². The van der Waals surface area contributed by atoms with Gasteiger partial charge in [0.05, 0.1) is 11.4 Å². The highest BCUT2D eigenvalue weighted by atomic mass is 32.2. The van der Waals surface area contributed by atoms with Gasteiger partial charge in [0.2, 0.25) is 15.9 Å². The van der Waals surface area contributed by atoms with Gasteiger partial charge in [0.15, 0.2) is 0 Å². The second-order valence-corrected chi connectivity index (χ2v) is 10.3. The molecule has 162 valence electrons.